The molecule has 0 saturated carbocycles. The van der Waals surface area contributed by atoms with E-state index in [1.54, 1.807) is 0 Å². The van der Waals surface area contributed by atoms with E-state index >= 15 is 0 Å². The summed E-state index contributed by atoms with van der Waals surface area (Å²) >= 11 is 0. The van der Waals surface area contributed by atoms with Gasteiger partial charge in [-0.25, -0.2) is 0 Å². The third-order valence-electron chi connectivity index (χ3n) is 6.40. The first kappa shape index (κ1) is 54.7. The lowest BCUT2D eigenvalue weighted by molar-refractivity contribution is -0.143. The number of hydrogen-bond donors (Lipinski definition) is 0. The zero-order chi connectivity index (χ0) is 25.6. The van der Waals surface area contributed by atoms with E-state index in [1.165, 1.54) is 0 Å². The van der Waals surface area contributed by atoms with Crippen molar-refractivity contribution < 1.29 is 37.3 Å². The van der Waals surface area contributed by atoms with E-state index in [0.29, 0.717) is 59.3 Å². The van der Waals surface area contributed by atoms with Crippen molar-refractivity contribution in [2.75, 3.05) is 59.6 Å². The Morgan fingerprint density at radius 3 is 1.28 bits per heavy atom. The molecule has 0 unspecified atom stereocenters. The van der Waals surface area contributed by atoms with Gasteiger partial charge in [-0.2, -0.15) is 0 Å². The van der Waals surface area contributed by atoms with Crippen LogP contribution in [0, 0.1) is 0 Å². The number of carbonyl (C=O) groups is 1. The molecular formula is C29H74O8Si2. The molecule has 0 saturated heterocycles. The van der Waals surface area contributed by atoms with E-state index in [-0.39, 0.29) is 67.5 Å². The van der Waals surface area contributed by atoms with Crippen molar-refractivity contribution in [1.82, 2.24) is 0 Å². The van der Waals surface area contributed by atoms with Crippen molar-refractivity contribution in [2.24, 2.45) is 0 Å². The molecule has 0 spiro atoms. The second kappa shape index (κ2) is 26.6. The number of rotatable bonds is 19. The summed E-state index contributed by atoms with van der Waals surface area (Å²) < 4.78 is 39.4. The molecule has 0 atom stereocenters. The number of carbonyl (C=O) groups excluding carboxylic acids is 1. The zero-order valence-electron chi connectivity index (χ0n) is 22.8. The van der Waals surface area contributed by atoms with Gasteiger partial charge in [0.05, 0.1) is 52.9 Å². The molecule has 0 heterocycles. The van der Waals surface area contributed by atoms with Crippen molar-refractivity contribution in [1.29, 1.82) is 0 Å². The average molecular weight is 607 g/mol. The van der Waals surface area contributed by atoms with Crippen LogP contribution in [-0.2, 0) is 37.3 Å². The van der Waals surface area contributed by atoms with Gasteiger partial charge in [-0.3, -0.25) is 4.79 Å². The van der Waals surface area contributed by atoms with Gasteiger partial charge in [-0.05, 0) is 36.3 Å². The zero-order valence-corrected chi connectivity index (χ0v) is 24.8. The van der Waals surface area contributed by atoms with Crippen molar-refractivity contribution in [2.45, 2.75) is 128 Å². The van der Waals surface area contributed by atoms with Crippen LogP contribution in [0.3, 0.4) is 0 Å². The van der Waals surface area contributed by atoms with Crippen LogP contribution in [0.4, 0.5) is 0 Å². The molecular weight excluding hydrogens is 532 g/mol. The average Bonchev–Trinajstić information content (AvgIpc) is 2.67. The fraction of sp³-hybridized carbons (Fsp3) is 0.966. The Morgan fingerprint density at radius 1 is 0.590 bits per heavy atom. The topological polar surface area (TPSA) is 81.7 Å². The van der Waals surface area contributed by atoms with Gasteiger partial charge in [0.25, 0.3) is 6.47 Å². The standard InChI is InChI=1S/C23H50O8Si2.6CH4/c1-22(2,3)32(7,8)30-15-12-25-17-21(29-14-11-27-20-28-19-24)18-26-13-16-31-33(9,10)23(4,5)6;;;;;;/h19,21H,11-18,20H2,1-10H3;6*1H4. The van der Waals surface area contributed by atoms with Crippen LogP contribution < -0.4 is 0 Å². The summed E-state index contributed by atoms with van der Waals surface area (Å²) in [5.74, 6) is 0. The minimum Gasteiger partial charge on any atom is -0.441 e. The van der Waals surface area contributed by atoms with E-state index in [0.717, 1.165) is 0 Å². The van der Waals surface area contributed by atoms with Crippen molar-refractivity contribution >= 4 is 23.1 Å². The summed E-state index contributed by atoms with van der Waals surface area (Å²) in [4.78, 5) is 10.1. The minimum absolute atomic E-state index is 0. The molecule has 0 amide bonds. The Balaban J connectivity index is -0.000000341. The fourth-order valence-corrected chi connectivity index (χ4v) is 4.18. The summed E-state index contributed by atoms with van der Waals surface area (Å²) in [6.45, 7) is 26.1. The predicted molar refractivity (Wildman–Crippen MR) is 176 cm³/mol. The summed E-state index contributed by atoms with van der Waals surface area (Å²) in [6, 6.07) is 0. The molecule has 8 nitrogen and oxygen atoms in total. The second-order valence-electron chi connectivity index (χ2n) is 11.1. The maximum absolute atomic E-state index is 10.1. The van der Waals surface area contributed by atoms with E-state index in [4.69, 9.17) is 27.8 Å². The van der Waals surface area contributed by atoms with Crippen LogP contribution in [0.5, 0.6) is 0 Å². The predicted octanol–water partition coefficient (Wildman–Crippen LogP) is 8.41. The van der Waals surface area contributed by atoms with Gasteiger partial charge in [0, 0.05) is 0 Å². The first-order chi connectivity index (χ1) is 15.1. The van der Waals surface area contributed by atoms with Crippen LogP contribution in [-0.4, -0.2) is 88.9 Å². The van der Waals surface area contributed by atoms with Crippen LogP contribution in [0.15, 0.2) is 0 Å². The molecule has 10 heteroatoms. The lowest BCUT2D eigenvalue weighted by atomic mass is 10.2. The first-order valence-corrected chi connectivity index (χ1v) is 17.6. The molecule has 0 N–H and O–H groups in total. The lowest BCUT2D eigenvalue weighted by Gasteiger charge is -2.36. The molecule has 0 rings (SSSR count). The summed E-state index contributed by atoms with van der Waals surface area (Å²) in [6.07, 6.45) is -0.235. The van der Waals surface area contributed by atoms with E-state index in [2.05, 4.69) is 72.5 Å². The second-order valence-corrected chi connectivity index (χ2v) is 20.8. The summed E-state index contributed by atoms with van der Waals surface area (Å²) in [5.41, 5.74) is 0. The third-order valence-corrected chi connectivity index (χ3v) is 15.5. The fourth-order valence-electron chi connectivity index (χ4n) is 2.13. The maximum Gasteiger partial charge on any atom is 0.295 e. The Labute approximate surface area is 248 Å². The monoisotopic (exact) mass is 606 g/mol. The van der Waals surface area contributed by atoms with Crippen molar-refractivity contribution in [3.63, 3.8) is 0 Å². The smallest absolute Gasteiger partial charge is 0.295 e. The van der Waals surface area contributed by atoms with Crippen molar-refractivity contribution in [3.05, 3.63) is 0 Å². The van der Waals surface area contributed by atoms with Crippen LogP contribution in [0.2, 0.25) is 36.3 Å². The molecule has 0 bridgehead atoms. The Kier molecular flexibility index (Phi) is 37.2. The van der Waals surface area contributed by atoms with Gasteiger partial charge in [0.15, 0.2) is 23.4 Å². The SMILES string of the molecule is C.C.C.C.C.C.CC(C)(C)[Si](C)(C)OCCOCC(COCCO[Si](C)(C)C(C)(C)C)OCCOCOC=O. The highest BCUT2D eigenvalue weighted by molar-refractivity contribution is 6.74. The summed E-state index contributed by atoms with van der Waals surface area (Å²) in [5, 5.41) is 0.346. The molecule has 0 aliphatic heterocycles. The molecule has 246 valence electrons. The van der Waals surface area contributed by atoms with Gasteiger partial charge in [-0.15, -0.1) is 0 Å². The molecule has 39 heavy (non-hydrogen) atoms. The van der Waals surface area contributed by atoms with Crippen molar-refractivity contribution in [3.8, 4) is 0 Å². The molecule has 0 aliphatic rings. The normalized spacial score (nSPS) is 11.5. The highest BCUT2D eigenvalue weighted by atomic mass is 28.4. The van der Waals surface area contributed by atoms with E-state index in [1.807, 2.05) is 0 Å². The van der Waals surface area contributed by atoms with E-state index in [9.17, 15) is 4.79 Å². The molecule has 0 aromatic rings. The summed E-state index contributed by atoms with van der Waals surface area (Å²) in [7, 11) is -3.56. The molecule has 0 radical (unpaired) electrons. The van der Waals surface area contributed by atoms with Crippen LogP contribution in [0.25, 0.3) is 0 Å². The van der Waals surface area contributed by atoms with Crippen LogP contribution >= 0.6 is 0 Å². The number of ether oxygens (including phenoxy) is 5. The van der Waals surface area contributed by atoms with Gasteiger partial charge in [0.1, 0.15) is 6.10 Å². The number of hydrogen-bond acceptors (Lipinski definition) is 8. The molecule has 0 aromatic heterocycles. The van der Waals surface area contributed by atoms with Gasteiger partial charge in [0.2, 0.25) is 0 Å². The first-order valence-electron chi connectivity index (χ1n) is 11.8. The van der Waals surface area contributed by atoms with Gasteiger partial charge >= 0.3 is 0 Å². The molecule has 0 aromatic carbocycles. The largest absolute Gasteiger partial charge is 0.441 e. The van der Waals surface area contributed by atoms with E-state index < -0.39 is 16.6 Å². The Morgan fingerprint density at radius 2 is 0.949 bits per heavy atom. The van der Waals surface area contributed by atoms with Gasteiger partial charge in [-0.1, -0.05) is 86.1 Å². The third kappa shape index (κ3) is 25.1. The Bertz CT molecular complexity index is 482. The molecule has 0 fully saturated rings. The lowest BCUT2D eigenvalue weighted by Crippen LogP contribution is -2.42. The molecule has 0 aliphatic carbocycles. The quantitative estimate of drug-likeness (QED) is 0.0627. The maximum atomic E-state index is 10.1. The Hall–Kier alpha value is -0.336. The van der Waals surface area contributed by atoms with Crippen LogP contribution in [0.1, 0.15) is 86.1 Å². The highest BCUT2D eigenvalue weighted by Gasteiger charge is 2.37. The van der Waals surface area contributed by atoms with Gasteiger partial charge < -0.3 is 32.5 Å². The minimum atomic E-state index is -1.78. The highest BCUT2D eigenvalue weighted by Crippen LogP contribution is 2.37.